The van der Waals surface area contributed by atoms with Gasteiger partial charge in [0.25, 0.3) is 5.56 Å². The highest BCUT2D eigenvalue weighted by atomic mass is 35.5. The molecule has 30 heavy (non-hydrogen) atoms. The van der Waals surface area contributed by atoms with Crippen molar-refractivity contribution in [1.82, 2.24) is 9.55 Å². The summed E-state index contributed by atoms with van der Waals surface area (Å²) in [6.45, 7) is 2.15. The number of rotatable bonds is 5. The van der Waals surface area contributed by atoms with E-state index in [1.807, 2.05) is 25.1 Å². The zero-order valence-corrected chi connectivity index (χ0v) is 17.0. The first-order valence-corrected chi connectivity index (χ1v) is 9.79. The number of carbonyl (C=O) groups excluding carboxylic acids is 1. The number of aromatic amines is 1. The molecule has 0 aliphatic carbocycles. The van der Waals surface area contributed by atoms with Crippen LogP contribution >= 0.6 is 11.6 Å². The van der Waals surface area contributed by atoms with Crippen LogP contribution in [0.4, 0.5) is 10.1 Å². The SMILES string of the molecule is Cc1[nH]c2ccc(F)cc2c1CC(=O)Nc1ccc(=O)n(Cc2ccccc2Cl)c1. The van der Waals surface area contributed by atoms with E-state index in [4.69, 9.17) is 11.6 Å². The molecular weight excluding hydrogens is 405 g/mol. The fourth-order valence-electron chi connectivity index (χ4n) is 3.49. The summed E-state index contributed by atoms with van der Waals surface area (Å²) >= 11 is 6.19. The van der Waals surface area contributed by atoms with E-state index in [0.717, 1.165) is 22.3 Å². The minimum absolute atomic E-state index is 0.0823. The molecule has 0 fully saturated rings. The van der Waals surface area contributed by atoms with E-state index in [-0.39, 0.29) is 23.7 Å². The van der Waals surface area contributed by atoms with Crippen molar-refractivity contribution >= 4 is 34.1 Å². The molecule has 0 saturated carbocycles. The Morgan fingerprint density at radius 3 is 2.77 bits per heavy atom. The van der Waals surface area contributed by atoms with Crippen LogP contribution in [-0.4, -0.2) is 15.5 Å². The van der Waals surface area contributed by atoms with Crippen molar-refractivity contribution in [1.29, 1.82) is 0 Å². The molecule has 0 aliphatic heterocycles. The third-order valence-electron chi connectivity index (χ3n) is 4.98. The van der Waals surface area contributed by atoms with Crippen LogP contribution in [0.25, 0.3) is 10.9 Å². The molecule has 0 atom stereocenters. The number of hydrogen-bond donors (Lipinski definition) is 2. The van der Waals surface area contributed by atoms with Crippen LogP contribution in [0, 0.1) is 12.7 Å². The number of anilines is 1. The Kier molecular flexibility index (Phi) is 5.42. The summed E-state index contributed by atoms with van der Waals surface area (Å²) in [5.41, 5.74) is 3.44. The van der Waals surface area contributed by atoms with Crippen LogP contribution in [0.15, 0.2) is 65.6 Å². The Balaban J connectivity index is 1.54. The second-order valence-corrected chi connectivity index (χ2v) is 7.53. The van der Waals surface area contributed by atoms with Gasteiger partial charge < -0.3 is 14.9 Å². The van der Waals surface area contributed by atoms with Crippen molar-refractivity contribution in [3.8, 4) is 0 Å². The van der Waals surface area contributed by atoms with E-state index in [2.05, 4.69) is 10.3 Å². The molecular formula is C23H19ClFN3O2. The lowest BCUT2D eigenvalue weighted by molar-refractivity contribution is -0.115. The maximum atomic E-state index is 13.6. The fourth-order valence-corrected chi connectivity index (χ4v) is 3.68. The second kappa shape index (κ2) is 8.16. The van der Waals surface area contributed by atoms with Gasteiger partial charge in [-0.05, 0) is 48.4 Å². The molecule has 5 nitrogen and oxygen atoms in total. The molecule has 2 aromatic heterocycles. The maximum Gasteiger partial charge on any atom is 0.250 e. The van der Waals surface area contributed by atoms with Crippen LogP contribution in [0.5, 0.6) is 0 Å². The number of nitrogens with one attached hydrogen (secondary N) is 2. The lowest BCUT2D eigenvalue weighted by atomic mass is 10.1. The average Bonchev–Trinajstić information content (AvgIpc) is 3.01. The molecule has 0 radical (unpaired) electrons. The Hall–Kier alpha value is -3.38. The first-order valence-electron chi connectivity index (χ1n) is 9.41. The summed E-state index contributed by atoms with van der Waals surface area (Å²) in [7, 11) is 0. The molecule has 0 saturated heterocycles. The van der Waals surface area contributed by atoms with Crippen molar-refractivity contribution in [3.05, 3.63) is 98.8 Å². The van der Waals surface area contributed by atoms with E-state index in [9.17, 15) is 14.0 Å². The molecule has 152 valence electrons. The molecule has 0 spiro atoms. The van der Waals surface area contributed by atoms with Gasteiger partial charge in [0.2, 0.25) is 5.91 Å². The van der Waals surface area contributed by atoms with Crippen LogP contribution in [0.1, 0.15) is 16.8 Å². The van der Waals surface area contributed by atoms with E-state index < -0.39 is 0 Å². The van der Waals surface area contributed by atoms with Crippen molar-refractivity contribution in [2.24, 2.45) is 0 Å². The summed E-state index contributed by atoms with van der Waals surface area (Å²) in [4.78, 5) is 28.0. The molecule has 4 aromatic rings. The number of aryl methyl sites for hydroxylation is 1. The number of aromatic nitrogens is 2. The molecule has 2 heterocycles. The molecule has 4 rings (SSSR count). The summed E-state index contributed by atoms with van der Waals surface area (Å²) in [5.74, 6) is -0.610. The maximum absolute atomic E-state index is 13.6. The van der Waals surface area contributed by atoms with Gasteiger partial charge in [0.15, 0.2) is 0 Å². The zero-order chi connectivity index (χ0) is 21.3. The van der Waals surface area contributed by atoms with Gasteiger partial charge in [0.05, 0.1) is 18.7 Å². The van der Waals surface area contributed by atoms with Gasteiger partial charge in [-0.2, -0.15) is 0 Å². The molecule has 1 amide bonds. The smallest absolute Gasteiger partial charge is 0.250 e. The Labute approximate surface area is 177 Å². The summed E-state index contributed by atoms with van der Waals surface area (Å²) in [5, 5.41) is 4.07. The Morgan fingerprint density at radius 1 is 1.17 bits per heavy atom. The first-order chi connectivity index (χ1) is 14.4. The van der Waals surface area contributed by atoms with E-state index >= 15 is 0 Å². The molecule has 7 heteroatoms. The van der Waals surface area contributed by atoms with Gasteiger partial charge in [0.1, 0.15) is 5.82 Å². The number of nitrogens with zero attached hydrogens (tertiary/aromatic N) is 1. The van der Waals surface area contributed by atoms with Crippen LogP contribution in [0.3, 0.4) is 0 Å². The monoisotopic (exact) mass is 423 g/mol. The third-order valence-corrected chi connectivity index (χ3v) is 5.35. The molecule has 0 bridgehead atoms. The van der Waals surface area contributed by atoms with Crippen LogP contribution in [0.2, 0.25) is 5.02 Å². The van der Waals surface area contributed by atoms with E-state index in [0.29, 0.717) is 22.6 Å². The fraction of sp³-hybridized carbons (Fsp3) is 0.130. The lowest BCUT2D eigenvalue weighted by Crippen LogP contribution is -2.22. The number of halogens is 2. The molecule has 0 aliphatic rings. The van der Waals surface area contributed by atoms with Crippen molar-refractivity contribution in [2.75, 3.05) is 5.32 Å². The number of pyridine rings is 1. The van der Waals surface area contributed by atoms with E-state index in [1.165, 1.54) is 22.8 Å². The highest BCUT2D eigenvalue weighted by Crippen LogP contribution is 2.24. The van der Waals surface area contributed by atoms with Gasteiger partial charge in [-0.3, -0.25) is 9.59 Å². The number of hydrogen-bond acceptors (Lipinski definition) is 2. The number of carbonyl (C=O) groups is 1. The van der Waals surface area contributed by atoms with Gasteiger partial charge in [0, 0.05) is 33.9 Å². The number of benzene rings is 2. The standard InChI is InChI=1S/C23H19ClFN3O2/c1-14-18(19-10-16(25)6-8-21(19)26-14)11-22(29)27-17-7-9-23(30)28(13-17)12-15-4-2-3-5-20(15)24/h2-10,13,26H,11-12H2,1H3,(H,27,29). The minimum Gasteiger partial charge on any atom is -0.358 e. The molecule has 2 N–H and O–H groups in total. The Morgan fingerprint density at radius 2 is 1.97 bits per heavy atom. The normalized spacial score (nSPS) is 11.0. The first kappa shape index (κ1) is 19.9. The third kappa shape index (κ3) is 4.14. The van der Waals surface area contributed by atoms with Gasteiger partial charge in [-0.1, -0.05) is 29.8 Å². The molecule has 2 aromatic carbocycles. The van der Waals surface area contributed by atoms with Gasteiger partial charge >= 0.3 is 0 Å². The number of H-pyrrole nitrogens is 1. The van der Waals surface area contributed by atoms with Crippen molar-refractivity contribution in [2.45, 2.75) is 19.9 Å². The number of amides is 1. The lowest BCUT2D eigenvalue weighted by Gasteiger charge is -2.11. The molecule has 0 unspecified atom stereocenters. The summed E-state index contributed by atoms with van der Waals surface area (Å²) in [6.07, 6.45) is 1.67. The average molecular weight is 424 g/mol. The largest absolute Gasteiger partial charge is 0.358 e. The zero-order valence-electron chi connectivity index (χ0n) is 16.2. The quantitative estimate of drug-likeness (QED) is 0.490. The topological polar surface area (TPSA) is 66.9 Å². The van der Waals surface area contributed by atoms with Crippen molar-refractivity contribution in [3.63, 3.8) is 0 Å². The van der Waals surface area contributed by atoms with Crippen molar-refractivity contribution < 1.29 is 9.18 Å². The predicted molar refractivity (Wildman–Crippen MR) is 117 cm³/mol. The second-order valence-electron chi connectivity index (χ2n) is 7.12. The van der Waals surface area contributed by atoms with Crippen LogP contribution in [-0.2, 0) is 17.8 Å². The highest BCUT2D eigenvalue weighted by Gasteiger charge is 2.14. The predicted octanol–water partition coefficient (Wildman–Crippen LogP) is 4.66. The minimum atomic E-state index is -0.352. The number of fused-ring (bicyclic) bond motifs is 1. The van der Waals surface area contributed by atoms with Gasteiger partial charge in [-0.25, -0.2) is 4.39 Å². The Bertz CT molecular complexity index is 1310. The van der Waals surface area contributed by atoms with Crippen LogP contribution < -0.4 is 10.9 Å². The van der Waals surface area contributed by atoms with E-state index in [1.54, 1.807) is 24.4 Å². The summed E-state index contributed by atoms with van der Waals surface area (Å²) in [6, 6.07) is 14.7. The highest BCUT2D eigenvalue weighted by molar-refractivity contribution is 6.31. The van der Waals surface area contributed by atoms with Gasteiger partial charge in [-0.15, -0.1) is 0 Å². The summed E-state index contributed by atoms with van der Waals surface area (Å²) < 4.78 is 15.1.